The van der Waals surface area contributed by atoms with Crippen LogP contribution >= 0.6 is 0 Å². The van der Waals surface area contributed by atoms with Crippen LogP contribution in [-0.4, -0.2) is 21.1 Å². The van der Waals surface area contributed by atoms with Crippen LogP contribution in [0.5, 0.6) is 0 Å². The Labute approximate surface area is 96.9 Å². The van der Waals surface area contributed by atoms with E-state index in [-0.39, 0.29) is 12.4 Å². The van der Waals surface area contributed by atoms with E-state index >= 15 is 0 Å². The summed E-state index contributed by atoms with van der Waals surface area (Å²) in [7, 11) is 1.56. The molecule has 0 saturated heterocycles. The first-order valence-corrected chi connectivity index (χ1v) is 5.26. The molecule has 17 heavy (non-hydrogen) atoms. The SMILES string of the molecule is COCn1ccc2cc3cccnc3n2c1=O. The van der Waals surface area contributed by atoms with Gasteiger partial charge in [-0.25, -0.2) is 14.2 Å². The molecule has 0 unspecified atom stereocenters. The molecule has 0 amide bonds. The molecule has 0 spiro atoms. The van der Waals surface area contributed by atoms with Gasteiger partial charge >= 0.3 is 5.69 Å². The molecular weight excluding hydrogens is 218 g/mol. The second-order valence-corrected chi connectivity index (χ2v) is 3.81. The predicted molar refractivity (Wildman–Crippen MR) is 64.0 cm³/mol. The fourth-order valence-corrected chi connectivity index (χ4v) is 1.97. The highest BCUT2D eigenvalue weighted by Crippen LogP contribution is 2.15. The summed E-state index contributed by atoms with van der Waals surface area (Å²) in [5, 5.41) is 0.958. The number of ether oxygens (including phenoxy) is 1. The van der Waals surface area contributed by atoms with Crippen LogP contribution in [0.4, 0.5) is 0 Å². The van der Waals surface area contributed by atoms with Crippen LogP contribution < -0.4 is 5.69 Å². The number of pyridine rings is 1. The Kier molecular flexibility index (Phi) is 2.19. The summed E-state index contributed by atoms with van der Waals surface area (Å²) in [6.07, 6.45) is 3.40. The average molecular weight is 229 g/mol. The molecule has 0 fully saturated rings. The van der Waals surface area contributed by atoms with Crippen LogP contribution in [0, 0.1) is 0 Å². The highest BCUT2D eigenvalue weighted by atomic mass is 16.5. The standard InChI is InChI=1S/C12H11N3O2/c1-17-8-14-6-4-10-7-9-3-2-5-13-11(9)15(10)12(14)16/h2-7H,8H2,1H3. The fourth-order valence-electron chi connectivity index (χ4n) is 1.97. The van der Waals surface area contributed by atoms with Crippen LogP contribution in [0.15, 0.2) is 41.5 Å². The van der Waals surface area contributed by atoms with Gasteiger partial charge in [0.15, 0.2) is 0 Å². The smallest absolute Gasteiger partial charge is 0.336 e. The number of fused-ring (bicyclic) bond motifs is 3. The molecular formula is C12H11N3O2. The largest absolute Gasteiger partial charge is 0.364 e. The van der Waals surface area contributed by atoms with Gasteiger partial charge in [0, 0.05) is 24.9 Å². The molecule has 3 aromatic heterocycles. The lowest BCUT2D eigenvalue weighted by Gasteiger charge is -2.04. The lowest BCUT2D eigenvalue weighted by molar-refractivity contribution is 0.127. The van der Waals surface area contributed by atoms with Crippen LogP contribution in [0.3, 0.4) is 0 Å². The lowest BCUT2D eigenvalue weighted by atomic mass is 10.3. The van der Waals surface area contributed by atoms with Crippen molar-refractivity contribution < 1.29 is 4.74 Å². The van der Waals surface area contributed by atoms with E-state index < -0.39 is 0 Å². The zero-order valence-electron chi connectivity index (χ0n) is 9.33. The molecule has 3 rings (SSSR count). The monoisotopic (exact) mass is 229 g/mol. The molecule has 0 aromatic carbocycles. The van der Waals surface area contributed by atoms with Crippen LogP contribution in [-0.2, 0) is 11.5 Å². The van der Waals surface area contributed by atoms with Crippen molar-refractivity contribution in [3.05, 3.63) is 47.1 Å². The molecule has 0 N–H and O–H groups in total. The number of aromatic nitrogens is 3. The minimum absolute atomic E-state index is 0.141. The molecule has 3 heterocycles. The summed E-state index contributed by atoms with van der Waals surface area (Å²) in [5.41, 5.74) is 1.38. The highest BCUT2D eigenvalue weighted by Gasteiger charge is 2.07. The Morgan fingerprint density at radius 1 is 1.41 bits per heavy atom. The third-order valence-electron chi connectivity index (χ3n) is 2.72. The van der Waals surface area contributed by atoms with E-state index in [2.05, 4.69) is 4.98 Å². The van der Waals surface area contributed by atoms with E-state index in [0.29, 0.717) is 5.65 Å². The van der Waals surface area contributed by atoms with Crippen molar-refractivity contribution in [2.75, 3.05) is 7.11 Å². The van der Waals surface area contributed by atoms with Gasteiger partial charge in [-0.2, -0.15) is 0 Å². The van der Waals surface area contributed by atoms with Gasteiger partial charge in [0.05, 0.1) is 5.52 Å². The molecule has 3 aromatic rings. The lowest BCUT2D eigenvalue weighted by Crippen LogP contribution is -2.26. The van der Waals surface area contributed by atoms with Gasteiger partial charge in [0.1, 0.15) is 12.4 Å². The fraction of sp³-hybridized carbons (Fsp3) is 0.167. The maximum atomic E-state index is 12.2. The summed E-state index contributed by atoms with van der Waals surface area (Å²) < 4.78 is 8.07. The number of rotatable bonds is 2. The second kappa shape index (κ2) is 3.71. The minimum atomic E-state index is -0.141. The van der Waals surface area contributed by atoms with Gasteiger partial charge in [0.25, 0.3) is 0 Å². The maximum absolute atomic E-state index is 12.2. The Bertz CT molecular complexity index is 742. The number of nitrogens with zero attached hydrogens (tertiary/aromatic N) is 3. The summed E-state index contributed by atoms with van der Waals surface area (Å²) in [6.45, 7) is 0.237. The van der Waals surface area contributed by atoms with Gasteiger partial charge in [0.2, 0.25) is 0 Å². The van der Waals surface area contributed by atoms with Crippen LogP contribution in [0.1, 0.15) is 0 Å². The number of hydrogen-bond donors (Lipinski definition) is 0. The first-order valence-electron chi connectivity index (χ1n) is 5.26. The first-order chi connectivity index (χ1) is 8.31. The Hall–Kier alpha value is -2.14. The van der Waals surface area contributed by atoms with E-state index in [1.165, 1.54) is 4.57 Å². The zero-order chi connectivity index (χ0) is 11.8. The molecule has 0 radical (unpaired) electrons. The van der Waals surface area contributed by atoms with Crippen molar-refractivity contribution in [2.24, 2.45) is 0 Å². The Balaban J connectivity index is 2.44. The van der Waals surface area contributed by atoms with Crippen molar-refractivity contribution >= 4 is 16.6 Å². The Morgan fingerprint density at radius 3 is 3.12 bits per heavy atom. The van der Waals surface area contributed by atoms with E-state index in [1.807, 2.05) is 24.3 Å². The number of methoxy groups -OCH3 is 1. The topological polar surface area (TPSA) is 48.5 Å². The molecule has 5 nitrogen and oxygen atoms in total. The normalized spacial score (nSPS) is 11.4. The molecule has 0 aliphatic rings. The van der Waals surface area contributed by atoms with Gasteiger partial charge in [-0.3, -0.25) is 4.57 Å². The summed E-state index contributed by atoms with van der Waals surface area (Å²) in [6, 6.07) is 7.62. The van der Waals surface area contributed by atoms with Crippen molar-refractivity contribution in [3.8, 4) is 0 Å². The predicted octanol–water partition coefficient (Wildman–Crippen LogP) is 1.25. The van der Waals surface area contributed by atoms with Crippen molar-refractivity contribution in [2.45, 2.75) is 6.73 Å². The zero-order valence-corrected chi connectivity index (χ0v) is 9.33. The minimum Gasteiger partial charge on any atom is -0.364 e. The van der Waals surface area contributed by atoms with Gasteiger partial charge in [-0.1, -0.05) is 0 Å². The summed E-state index contributed by atoms with van der Waals surface area (Å²) in [5.74, 6) is 0. The van der Waals surface area contributed by atoms with E-state index in [4.69, 9.17) is 4.74 Å². The van der Waals surface area contributed by atoms with Crippen molar-refractivity contribution in [1.82, 2.24) is 14.0 Å². The molecule has 0 saturated carbocycles. The van der Waals surface area contributed by atoms with Crippen molar-refractivity contribution in [3.63, 3.8) is 0 Å². The van der Waals surface area contributed by atoms with Crippen molar-refractivity contribution in [1.29, 1.82) is 0 Å². The molecule has 0 atom stereocenters. The molecule has 5 heteroatoms. The average Bonchev–Trinajstić information content (AvgIpc) is 2.72. The molecule has 86 valence electrons. The Morgan fingerprint density at radius 2 is 2.29 bits per heavy atom. The van der Waals surface area contributed by atoms with E-state index in [0.717, 1.165) is 10.9 Å². The molecule has 0 aliphatic carbocycles. The maximum Gasteiger partial charge on any atom is 0.336 e. The van der Waals surface area contributed by atoms with Gasteiger partial charge in [-0.15, -0.1) is 0 Å². The summed E-state index contributed by atoms with van der Waals surface area (Å²) in [4.78, 5) is 16.4. The third kappa shape index (κ3) is 1.43. The van der Waals surface area contributed by atoms with E-state index in [1.54, 1.807) is 23.9 Å². The second-order valence-electron chi connectivity index (χ2n) is 3.81. The third-order valence-corrected chi connectivity index (χ3v) is 2.72. The van der Waals surface area contributed by atoms with Gasteiger partial charge in [-0.05, 0) is 24.3 Å². The van der Waals surface area contributed by atoms with Crippen LogP contribution in [0.2, 0.25) is 0 Å². The van der Waals surface area contributed by atoms with E-state index in [9.17, 15) is 4.79 Å². The first kappa shape index (κ1) is 10.0. The quantitative estimate of drug-likeness (QED) is 0.664. The molecule has 0 bridgehead atoms. The summed E-state index contributed by atoms with van der Waals surface area (Å²) >= 11 is 0. The number of hydrogen-bond acceptors (Lipinski definition) is 3. The highest BCUT2D eigenvalue weighted by molar-refractivity contribution is 5.83. The van der Waals surface area contributed by atoms with Gasteiger partial charge < -0.3 is 4.74 Å². The molecule has 0 aliphatic heterocycles. The van der Waals surface area contributed by atoms with Crippen LogP contribution in [0.25, 0.3) is 16.6 Å².